The summed E-state index contributed by atoms with van der Waals surface area (Å²) in [4.78, 5) is 17.5. The van der Waals surface area contributed by atoms with Gasteiger partial charge in [-0.1, -0.05) is 37.3 Å². The number of allylic oxidation sites excluding steroid dienone is 3. The molecule has 32 heavy (non-hydrogen) atoms. The molecule has 0 bridgehead atoms. The molecule has 0 unspecified atom stereocenters. The molecular formula is C25H26F2N2O3. The maximum atomic E-state index is 13.8. The highest BCUT2D eigenvalue weighted by Gasteiger charge is 2.34. The van der Waals surface area contributed by atoms with Crippen LogP contribution < -0.4 is 0 Å². The number of aryl methyl sites for hydroxylation is 1. The van der Waals surface area contributed by atoms with Crippen LogP contribution in [0.25, 0.3) is 0 Å². The molecule has 1 saturated heterocycles. The number of aromatic nitrogens is 1. The van der Waals surface area contributed by atoms with Gasteiger partial charge in [-0.15, -0.1) is 0 Å². The lowest BCUT2D eigenvalue weighted by Crippen LogP contribution is -2.50. The maximum Gasteiger partial charge on any atom is 0.275 e. The number of rotatable bonds is 9. The van der Waals surface area contributed by atoms with Gasteiger partial charge < -0.3 is 14.4 Å². The largest absolute Gasteiger partial charge is 0.504 e. The van der Waals surface area contributed by atoms with Crippen molar-refractivity contribution in [2.45, 2.75) is 20.0 Å². The van der Waals surface area contributed by atoms with E-state index in [2.05, 4.69) is 24.0 Å². The van der Waals surface area contributed by atoms with Crippen LogP contribution in [-0.2, 0) is 22.5 Å². The molecular weight excluding hydrogens is 414 g/mol. The average Bonchev–Trinajstić information content (AvgIpc) is 2.76. The number of nitrogens with zero attached hydrogens (tertiary/aromatic N) is 2. The highest BCUT2D eigenvalue weighted by molar-refractivity contribution is 5.93. The Morgan fingerprint density at radius 3 is 2.56 bits per heavy atom. The molecule has 1 fully saturated rings. The van der Waals surface area contributed by atoms with Gasteiger partial charge in [0, 0.05) is 25.1 Å². The van der Waals surface area contributed by atoms with Gasteiger partial charge in [-0.25, -0.2) is 13.8 Å². The first kappa shape index (κ1) is 23.2. The van der Waals surface area contributed by atoms with Crippen molar-refractivity contribution in [1.29, 1.82) is 0 Å². The van der Waals surface area contributed by atoms with Crippen molar-refractivity contribution in [2.75, 3.05) is 20.2 Å². The van der Waals surface area contributed by atoms with Crippen molar-refractivity contribution in [1.82, 2.24) is 9.88 Å². The first-order valence-electron chi connectivity index (χ1n) is 10.4. The van der Waals surface area contributed by atoms with Gasteiger partial charge in [0.15, 0.2) is 11.5 Å². The summed E-state index contributed by atoms with van der Waals surface area (Å²) in [5.41, 5.74) is 2.94. The average molecular weight is 440 g/mol. The Balaban J connectivity index is 1.55. The molecule has 1 aliphatic heterocycles. The summed E-state index contributed by atoms with van der Waals surface area (Å²) in [6, 6.07) is 8.94. The van der Waals surface area contributed by atoms with Gasteiger partial charge in [0.1, 0.15) is 12.4 Å². The number of ether oxygens (including phenoxy) is 2. The second-order valence-electron chi connectivity index (χ2n) is 7.41. The highest BCUT2D eigenvalue weighted by Crippen LogP contribution is 2.26. The Kier molecular flexibility index (Phi) is 8.14. The summed E-state index contributed by atoms with van der Waals surface area (Å²) in [6.07, 6.45) is 10.5. The van der Waals surface area contributed by atoms with Crippen molar-refractivity contribution < 1.29 is 23.0 Å². The van der Waals surface area contributed by atoms with Crippen LogP contribution in [0.2, 0.25) is 0 Å². The van der Waals surface area contributed by atoms with Crippen LogP contribution in [0.1, 0.15) is 28.5 Å². The molecule has 168 valence electrons. The van der Waals surface area contributed by atoms with Gasteiger partial charge in [-0.2, -0.15) is 0 Å². The Labute approximate surface area is 186 Å². The zero-order chi connectivity index (χ0) is 22.9. The van der Waals surface area contributed by atoms with E-state index in [-0.39, 0.29) is 11.6 Å². The van der Waals surface area contributed by atoms with Crippen molar-refractivity contribution in [3.8, 4) is 0 Å². The number of carbonyl (C=O) groups is 1. The smallest absolute Gasteiger partial charge is 0.275 e. The van der Waals surface area contributed by atoms with Crippen LogP contribution in [0, 0.1) is 17.6 Å². The van der Waals surface area contributed by atoms with Crippen LogP contribution in [0.5, 0.6) is 0 Å². The standard InChI is InChI=1S/C25H26F2N2O3/c1-3-18-6-8-19(9-7-18)17-32-11-4-5-20(10-12-31-2)21-15-29(16-21)25(30)24-23(27)13-22(26)14-28-24/h4-14,21H,3,15-17H2,1-2H3/b11-4+,12-10+,20-5+. The molecule has 0 N–H and O–H groups in total. The Morgan fingerprint density at radius 2 is 1.91 bits per heavy atom. The van der Waals surface area contributed by atoms with Gasteiger partial charge in [0.25, 0.3) is 5.91 Å². The molecule has 1 amide bonds. The molecule has 7 heteroatoms. The molecule has 1 aromatic heterocycles. The van der Waals surface area contributed by atoms with E-state index in [1.807, 2.05) is 24.3 Å². The van der Waals surface area contributed by atoms with E-state index in [1.54, 1.807) is 25.7 Å². The van der Waals surface area contributed by atoms with Gasteiger partial charge in [0.2, 0.25) is 0 Å². The third-order valence-electron chi connectivity index (χ3n) is 5.19. The van der Waals surface area contributed by atoms with Crippen molar-refractivity contribution in [3.05, 3.63) is 101 Å². The van der Waals surface area contributed by atoms with E-state index in [0.29, 0.717) is 25.8 Å². The van der Waals surface area contributed by atoms with Crippen LogP contribution in [0.4, 0.5) is 8.78 Å². The summed E-state index contributed by atoms with van der Waals surface area (Å²) < 4.78 is 37.5. The normalized spacial score (nSPS) is 14.8. The minimum absolute atomic E-state index is 0.0556. The molecule has 1 aliphatic rings. The third-order valence-corrected chi connectivity index (χ3v) is 5.19. The highest BCUT2D eigenvalue weighted by atomic mass is 19.1. The van der Waals surface area contributed by atoms with E-state index < -0.39 is 17.5 Å². The summed E-state index contributed by atoms with van der Waals surface area (Å²) in [7, 11) is 1.55. The molecule has 2 heterocycles. The van der Waals surface area contributed by atoms with Gasteiger partial charge in [0.05, 0.1) is 25.8 Å². The second kappa shape index (κ2) is 11.2. The Morgan fingerprint density at radius 1 is 1.19 bits per heavy atom. The van der Waals surface area contributed by atoms with Crippen molar-refractivity contribution in [3.63, 3.8) is 0 Å². The number of methoxy groups -OCH3 is 1. The number of hydrogen-bond acceptors (Lipinski definition) is 4. The number of pyridine rings is 1. The van der Waals surface area contributed by atoms with Crippen molar-refractivity contribution in [2.24, 2.45) is 5.92 Å². The lowest BCUT2D eigenvalue weighted by molar-refractivity contribution is 0.0546. The first-order valence-corrected chi connectivity index (χ1v) is 10.4. The van der Waals surface area contributed by atoms with Crippen molar-refractivity contribution >= 4 is 5.91 Å². The summed E-state index contributed by atoms with van der Waals surface area (Å²) in [5.74, 6) is -2.28. The number of likely N-dealkylation sites (tertiary alicyclic amines) is 1. The lowest BCUT2D eigenvalue weighted by atomic mass is 9.90. The molecule has 1 aromatic carbocycles. The predicted molar refractivity (Wildman–Crippen MR) is 118 cm³/mol. The zero-order valence-electron chi connectivity index (χ0n) is 18.1. The minimum atomic E-state index is -0.960. The van der Waals surface area contributed by atoms with E-state index in [9.17, 15) is 13.6 Å². The summed E-state index contributed by atoms with van der Waals surface area (Å²) in [5, 5.41) is 0. The predicted octanol–water partition coefficient (Wildman–Crippen LogP) is 4.81. The van der Waals surface area contributed by atoms with Gasteiger partial charge in [-0.05, 0) is 35.3 Å². The second-order valence-corrected chi connectivity index (χ2v) is 7.41. The van der Waals surface area contributed by atoms with E-state index in [0.717, 1.165) is 23.8 Å². The Bertz CT molecular complexity index is 1010. The summed E-state index contributed by atoms with van der Waals surface area (Å²) >= 11 is 0. The van der Waals surface area contributed by atoms with Gasteiger partial charge >= 0.3 is 0 Å². The number of benzene rings is 1. The zero-order valence-corrected chi connectivity index (χ0v) is 18.1. The quantitative estimate of drug-likeness (QED) is 0.415. The number of amides is 1. The number of hydrogen-bond donors (Lipinski definition) is 0. The van der Waals surface area contributed by atoms with Crippen LogP contribution in [0.3, 0.4) is 0 Å². The summed E-state index contributed by atoms with van der Waals surface area (Å²) in [6.45, 7) is 3.39. The monoisotopic (exact) mass is 440 g/mol. The number of halogens is 2. The van der Waals surface area contributed by atoms with Crippen LogP contribution in [0.15, 0.2) is 72.9 Å². The number of carbonyl (C=O) groups excluding carboxylic acids is 1. The Hall–Kier alpha value is -3.48. The minimum Gasteiger partial charge on any atom is -0.504 e. The molecule has 3 rings (SSSR count). The molecule has 5 nitrogen and oxygen atoms in total. The molecule has 0 atom stereocenters. The lowest BCUT2D eigenvalue weighted by Gasteiger charge is -2.39. The fourth-order valence-electron chi connectivity index (χ4n) is 3.27. The fraction of sp³-hybridized carbons (Fsp3) is 0.280. The molecule has 0 saturated carbocycles. The third kappa shape index (κ3) is 6.03. The maximum absolute atomic E-state index is 13.8. The van der Waals surface area contributed by atoms with Gasteiger partial charge in [-0.3, -0.25) is 4.79 Å². The molecule has 0 spiro atoms. The van der Waals surface area contributed by atoms with E-state index in [4.69, 9.17) is 9.47 Å². The fourth-order valence-corrected chi connectivity index (χ4v) is 3.27. The molecule has 0 aliphatic carbocycles. The molecule has 0 radical (unpaired) electrons. The first-order chi connectivity index (χ1) is 15.5. The molecule has 2 aromatic rings. The van der Waals surface area contributed by atoms with Crippen LogP contribution in [-0.4, -0.2) is 36.0 Å². The van der Waals surface area contributed by atoms with E-state index in [1.165, 1.54) is 10.5 Å². The van der Waals surface area contributed by atoms with Crippen LogP contribution >= 0.6 is 0 Å². The topological polar surface area (TPSA) is 51.7 Å². The van der Waals surface area contributed by atoms with E-state index >= 15 is 0 Å². The SMILES string of the molecule is CCc1ccc(CO/C=C/C=C(\C=C\OC)C2CN(C(=O)c3ncc(F)cc3F)C2)cc1.